The summed E-state index contributed by atoms with van der Waals surface area (Å²) in [4.78, 5) is 38.7. The molecule has 2 N–H and O–H groups in total. The molecule has 3 amide bonds. The van der Waals surface area contributed by atoms with Gasteiger partial charge in [0.25, 0.3) is 5.91 Å². The van der Waals surface area contributed by atoms with Crippen LogP contribution in [0.1, 0.15) is 39.9 Å². The van der Waals surface area contributed by atoms with E-state index in [0.29, 0.717) is 30.8 Å². The van der Waals surface area contributed by atoms with Crippen LogP contribution in [0, 0.1) is 12.7 Å². The summed E-state index contributed by atoms with van der Waals surface area (Å²) < 4.78 is 13.6. The molecular formula is C25H22FN3O3. The van der Waals surface area contributed by atoms with Gasteiger partial charge < -0.3 is 5.32 Å². The van der Waals surface area contributed by atoms with Gasteiger partial charge in [-0.15, -0.1) is 0 Å². The summed E-state index contributed by atoms with van der Waals surface area (Å²) in [5.41, 5.74) is 4.18. The normalized spacial score (nSPS) is 17.9. The van der Waals surface area contributed by atoms with Crippen molar-refractivity contribution in [2.45, 2.75) is 38.9 Å². The average molecular weight is 431 g/mol. The smallest absolute Gasteiger partial charge is 0.259 e. The molecule has 1 unspecified atom stereocenters. The van der Waals surface area contributed by atoms with Gasteiger partial charge in [0.1, 0.15) is 11.9 Å². The Morgan fingerprint density at radius 3 is 2.69 bits per heavy atom. The largest absolute Gasteiger partial charge is 0.309 e. The Hall–Kier alpha value is -3.58. The molecule has 0 radical (unpaired) electrons. The van der Waals surface area contributed by atoms with Gasteiger partial charge in [0.2, 0.25) is 11.8 Å². The second kappa shape index (κ2) is 7.84. The highest BCUT2D eigenvalue weighted by Gasteiger charge is 2.40. The van der Waals surface area contributed by atoms with Crippen LogP contribution >= 0.6 is 0 Å². The number of nitrogens with zero attached hydrogens (tertiary/aromatic N) is 1. The van der Waals surface area contributed by atoms with Gasteiger partial charge in [-0.25, -0.2) is 4.39 Å². The van der Waals surface area contributed by atoms with E-state index < -0.39 is 11.9 Å². The van der Waals surface area contributed by atoms with Crippen LogP contribution in [-0.4, -0.2) is 23.8 Å². The fourth-order valence-electron chi connectivity index (χ4n) is 4.62. The number of aryl methyl sites for hydroxylation is 1. The van der Waals surface area contributed by atoms with E-state index in [0.717, 1.165) is 27.5 Å². The predicted molar refractivity (Wildman–Crippen MR) is 119 cm³/mol. The van der Waals surface area contributed by atoms with Crippen LogP contribution in [0.2, 0.25) is 0 Å². The maximum absolute atomic E-state index is 13.6. The van der Waals surface area contributed by atoms with E-state index in [-0.39, 0.29) is 24.1 Å². The molecule has 1 fully saturated rings. The fraction of sp³-hybridized carbons (Fsp3) is 0.240. The van der Waals surface area contributed by atoms with E-state index in [4.69, 9.17) is 0 Å². The molecule has 7 heteroatoms. The van der Waals surface area contributed by atoms with Crippen molar-refractivity contribution in [3.8, 4) is 0 Å². The molecule has 0 spiro atoms. The predicted octanol–water partition coefficient (Wildman–Crippen LogP) is 3.34. The number of nitrogens with one attached hydrogen (secondary N) is 2. The average Bonchev–Trinajstić information content (AvgIpc) is 3.05. The first kappa shape index (κ1) is 20.3. The van der Waals surface area contributed by atoms with Gasteiger partial charge in [0.05, 0.1) is 5.69 Å². The number of carbonyl (C=O) groups is 3. The van der Waals surface area contributed by atoms with Crippen molar-refractivity contribution in [2.24, 2.45) is 0 Å². The molecule has 2 aliphatic rings. The lowest BCUT2D eigenvalue weighted by Crippen LogP contribution is -2.53. The third-order valence-corrected chi connectivity index (χ3v) is 6.28. The van der Waals surface area contributed by atoms with Crippen LogP contribution in [0.15, 0.2) is 48.5 Å². The zero-order valence-electron chi connectivity index (χ0n) is 17.6. The Labute approximate surface area is 184 Å². The van der Waals surface area contributed by atoms with Gasteiger partial charge in [-0.1, -0.05) is 24.3 Å². The molecule has 0 aromatic heterocycles. The number of hydrogen-bond donors (Lipinski definition) is 2. The lowest BCUT2D eigenvalue weighted by molar-refractivity contribution is -0.134. The molecule has 2 aliphatic heterocycles. The Morgan fingerprint density at radius 1 is 1.06 bits per heavy atom. The van der Waals surface area contributed by atoms with Gasteiger partial charge >= 0.3 is 0 Å². The second-order valence-electron chi connectivity index (χ2n) is 8.29. The van der Waals surface area contributed by atoms with E-state index in [1.165, 1.54) is 17.0 Å². The van der Waals surface area contributed by atoms with Crippen molar-refractivity contribution < 1.29 is 18.8 Å². The molecule has 0 aliphatic carbocycles. The molecule has 5 rings (SSSR count). The number of amides is 3. The molecule has 1 saturated heterocycles. The maximum Gasteiger partial charge on any atom is 0.259 e. The summed E-state index contributed by atoms with van der Waals surface area (Å²) in [7, 11) is 0. The molecule has 6 nitrogen and oxygen atoms in total. The monoisotopic (exact) mass is 431 g/mol. The number of anilines is 1. The standard InChI is InChI=1S/C25H22FN3O3/c1-14-5-7-17(26)11-16(14)13-27-12-15-6-8-19-23-18(15)3-2-4-20(23)29(25(19)32)21-9-10-22(30)28-24(21)31/h2-8,11,21,27H,9-10,12-13H2,1H3,(H,28,30,31). The molecule has 1 atom stereocenters. The van der Waals surface area contributed by atoms with Crippen LogP contribution in [0.3, 0.4) is 0 Å². The molecule has 162 valence electrons. The van der Waals surface area contributed by atoms with Crippen LogP contribution < -0.4 is 15.5 Å². The van der Waals surface area contributed by atoms with Gasteiger partial charge in [0.15, 0.2) is 0 Å². The lowest BCUT2D eigenvalue weighted by Gasteiger charge is -2.30. The van der Waals surface area contributed by atoms with Crippen LogP contribution in [0.4, 0.5) is 10.1 Å². The van der Waals surface area contributed by atoms with E-state index in [1.54, 1.807) is 12.1 Å². The summed E-state index contributed by atoms with van der Waals surface area (Å²) in [6.07, 6.45) is 0.517. The molecule has 32 heavy (non-hydrogen) atoms. The SMILES string of the molecule is Cc1ccc(F)cc1CNCc1ccc2c3c(cccc13)N(C1CCC(=O)NC1=O)C2=O. The van der Waals surface area contributed by atoms with Crippen molar-refractivity contribution in [3.63, 3.8) is 0 Å². The van der Waals surface area contributed by atoms with Crippen molar-refractivity contribution >= 4 is 34.2 Å². The van der Waals surface area contributed by atoms with Crippen molar-refractivity contribution in [2.75, 3.05) is 4.90 Å². The van der Waals surface area contributed by atoms with Gasteiger partial charge in [-0.3, -0.25) is 24.6 Å². The number of imide groups is 1. The molecule has 0 saturated carbocycles. The Balaban J connectivity index is 1.44. The summed E-state index contributed by atoms with van der Waals surface area (Å²) in [6.45, 7) is 3.02. The van der Waals surface area contributed by atoms with Gasteiger partial charge in [-0.2, -0.15) is 0 Å². The third kappa shape index (κ3) is 3.35. The van der Waals surface area contributed by atoms with Crippen LogP contribution in [0.25, 0.3) is 10.8 Å². The first-order valence-corrected chi connectivity index (χ1v) is 10.6. The highest BCUT2D eigenvalue weighted by molar-refractivity contribution is 6.27. The third-order valence-electron chi connectivity index (χ3n) is 6.28. The quantitative estimate of drug-likeness (QED) is 0.608. The van der Waals surface area contributed by atoms with Gasteiger partial charge in [0, 0.05) is 30.5 Å². The number of halogens is 1. The molecule has 2 heterocycles. The number of benzene rings is 3. The molecule has 3 aromatic carbocycles. The molecular weight excluding hydrogens is 409 g/mol. The molecule has 0 bridgehead atoms. The minimum Gasteiger partial charge on any atom is -0.309 e. The minimum absolute atomic E-state index is 0.209. The Morgan fingerprint density at radius 2 is 1.88 bits per heavy atom. The summed E-state index contributed by atoms with van der Waals surface area (Å²) in [5.74, 6) is -1.23. The maximum atomic E-state index is 13.6. The second-order valence-corrected chi connectivity index (χ2v) is 8.29. The first-order valence-electron chi connectivity index (χ1n) is 10.6. The lowest BCUT2D eigenvalue weighted by atomic mass is 10.00. The number of piperidine rings is 1. The summed E-state index contributed by atoms with van der Waals surface area (Å²) in [5, 5.41) is 7.47. The van der Waals surface area contributed by atoms with Crippen LogP contribution in [-0.2, 0) is 22.7 Å². The Kier molecular flexibility index (Phi) is 4.98. The van der Waals surface area contributed by atoms with Crippen molar-refractivity contribution in [3.05, 3.63) is 76.6 Å². The van der Waals surface area contributed by atoms with E-state index >= 15 is 0 Å². The van der Waals surface area contributed by atoms with E-state index in [2.05, 4.69) is 10.6 Å². The van der Waals surface area contributed by atoms with E-state index in [9.17, 15) is 18.8 Å². The van der Waals surface area contributed by atoms with Gasteiger partial charge in [-0.05, 0) is 59.7 Å². The fourth-order valence-corrected chi connectivity index (χ4v) is 4.62. The topological polar surface area (TPSA) is 78.5 Å². The molecule has 3 aromatic rings. The van der Waals surface area contributed by atoms with Crippen LogP contribution in [0.5, 0.6) is 0 Å². The Bertz CT molecular complexity index is 1290. The first-order chi connectivity index (χ1) is 15.4. The number of carbonyl (C=O) groups excluding carboxylic acids is 3. The zero-order chi connectivity index (χ0) is 22.4. The summed E-state index contributed by atoms with van der Waals surface area (Å²) in [6, 6.07) is 13.4. The highest BCUT2D eigenvalue weighted by Crippen LogP contribution is 2.40. The minimum atomic E-state index is -0.698. The van der Waals surface area contributed by atoms with E-state index in [1.807, 2.05) is 31.2 Å². The summed E-state index contributed by atoms with van der Waals surface area (Å²) >= 11 is 0. The van der Waals surface area contributed by atoms with Crippen molar-refractivity contribution in [1.82, 2.24) is 10.6 Å². The number of rotatable bonds is 5. The highest BCUT2D eigenvalue weighted by atomic mass is 19.1. The number of hydrogen-bond acceptors (Lipinski definition) is 4. The van der Waals surface area contributed by atoms with Crippen molar-refractivity contribution in [1.29, 1.82) is 0 Å². The zero-order valence-corrected chi connectivity index (χ0v) is 17.6.